The fourth-order valence-corrected chi connectivity index (χ4v) is 4.13. The molecule has 1 saturated heterocycles. The SMILES string of the molecule is C[C@@H]1CCCCN1[C@@H](C)CNS(=O)(=O)c1ccc(C(N)=O)cc1. The van der Waals surface area contributed by atoms with Crippen molar-refractivity contribution in [1.29, 1.82) is 0 Å². The van der Waals surface area contributed by atoms with E-state index in [-0.39, 0.29) is 10.9 Å². The predicted octanol–water partition coefficient (Wildman–Crippen LogP) is 1.33. The van der Waals surface area contributed by atoms with E-state index in [2.05, 4.69) is 16.5 Å². The second-order valence-electron chi connectivity index (χ2n) is 6.17. The van der Waals surface area contributed by atoms with Crippen LogP contribution in [-0.2, 0) is 10.0 Å². The van der Waals surface area contributed by atoms with Crippen LogP contribution in [0.5, 0.6) is 0 Å². The molecular formula is C16H25N3O3S. The Bertz CT molecular complexity index is 643. The molecule has 2 atom stereocenters. The predicted molar refractivity (Wildman–Crippen MR) is 89.6 cm³/mol. The van der Waals surface area contributed by atoms with E-state index in [0.29, 0.717) is 18.2 Å². The normalized spacial score (nSPS) is 21.0. The van der Waals surface area contributed by atoms with E-state index in [1.165, 1.54) is 30.7 Å². The van der Waals surface area contributed by atoms with Gasteiger partial charge in [-0.3, -0.25) is 9.69 Å². The molecule has 6 nitrogen and oxygen atoms in total. The Morgan fingerprint density at radius 2 is 2.00 bits per heavy atom. The highest BCUT2D eigenvalue weighted by Crippen LogP contribution is 2.19. The highest BCUT2D eigenvalue weighted by atomic mass is 32.2. The van der Waals surface area contributed by atoms with Crippen molar-refractivity contribution in [2.45, 2.75) is 50.1 Å². The Hall–Kier alpha value is -1.44. The van der Waals surface area contributed by atoms with Crippen molar-refractivity contribution in [2.75, 3.05) is 13.1 Å². The van der Waals surface area contributed by atoms with Crippen LogP contribution in [0.1, 0.15) is 43.5 Å². The monoisotopic (exact) mass is 339 g/mol. The third-order valence-corrected chi connectivity index (χ3v) is 5.88. The molecule has 1 heterocycles. The van der Waals surface area contributed by atoms with Crippen LogP contribution in [0.15, 0.2) is 29.2 Å². The molecule has 0 aromatic heterocycles. The van der Waals surface area contributed by atoms with Crippen molar-refractivity contribution in [2.24, 2.45) is 5.73 Å². The van der Waals surface area contributed by atoms with E-state index in [1.807, 2.05) is 6.92 Å². The van der Waals surface area contributed by atoms with Crippen molar-refractivity contribution < 1.29 is 13.2 Å². The van der Waals surface area contributed by atoms with Crippen LogP contribution in [-0.4, -0.2) is 44.4 Å². The van der Waals surface area contributed by atoms with E-state index < -0.39 is 15.9 Å². The Kier molecular flexibility index (Phi) is 5.78. The first kappa shape index (κ1) is 17.9. The number of benzene rings is 1. The summed E-state index contributed by atoms with van der Waals surface area (Å²) >= 11 is 0. The fraction of sp³-hybridized carbons (Fsp3) is 0.562. The maximum absolute atomic E-state index is 12.3. The number of likely N-dealkylation sites (tertiary alicyclic amines) is 1. The molecule has 1 aliphatic rings. The summed E-state index contributed by atoms with van der Waals surface area (Å²) in [6.07, 6.45) is 3.56. The number of rotatable bonds is 6. The van der Waals surface area contributed by atoms with Gasteiger partial charge in [-0.05, 0) is 57.5 Å². The Morgan fingerprint density at radius 3 is 2.57 bits per heavy atom. The van der Waals surface area contributed by atoms with E-state index >= 15 is 0 Å². The molecule has 1 aromatic rings. The first-order valence-electron chi connectivity index (χ1n) is 7.96. The molecule has 1 aliphatic heterocycles. The summed E-state index contributed by atoms with van der Waals surface area (Å²) in [6.45, 7) is 5.61. The number of hydrogen-bond acceptors (Lipinski definition) is 4. The number of hydrogen-bond donors (Lipinski definition) is 2. The summed E-state index contributed by atoms with van der Waals surface area (Å²) in [4.78, 5) is 13.5. The number of nitrogens with one attached hydrogen (secondary N) is 1. The quantitative estimate of drug-likeness (QED) is 0.818. The molecule has 23 heavy (non-hydrogen) atoms. The van der Waals surface area contributed by atoms with Crippen LogP contribution in [0.4, 0.5) is 0 Å². The van der Waals surface area contributed by atoms with Crippen molar-refractivity contribution in [3.63, 3.8) is 0 Å². The zero-order chi connectivity index (χ0) is 17.0. The van der Waals surface area contributed by atoms with Crippen LogP contribution < -0.4 is 10.5 Å². The highest BCUT2D eigenvalue weighted by Gasteiger charge is 2.24. The topological polar surface area (TPSA) is 92.5 Å². The second-order valence-corrected chi connectivity index (χ2v) is 7.94. The maximum atomic E-state index is 12.3. The van der Waals surface area contributed by atoms with Gasteiger partial charge in [0.15, 0.2) is 0 Å². The molecule has 1 amide bonds. The second kappa shape index (κ2) is 7.42. The smallest absolute Gasteiger partial charge is 0.248 e. The molecule has 7 heteroatoms. The van der Waals surface area contributed by atoms with Gasteiger partial charge in [0.2, 0.25) is 15.9 Å². The van der Waals surface area contributed by atoms with Crippen molar-refractivity contribution in [1.82, 2.24) is 9.62 Å². The molecule has 128 valence electrons. The van der Waals surface area contributed by atoms with Crippen molar-refractivity contribution in [3.05, 3.63) is 29.8 Å². The summed E-state index contributed by atoms with van der Waals surface area (Å²) in [5, 5.41) is 0. The lowest BCUT2D eigenvalue weighted by atomic mass is 10.0. The van der Waals surface area contributed by atoms with Gasteiger partial charge in [0.1, 0.15) is 0 Å². The molecule has 0 spiro atoms. The number of nitrogens with zero attached hydrogens (tertiary/aromatic N) is 1. The summed E-state index contributed by atoms with van der Waals surface area (Å²) in [7, 11) is -3.58. The molecule has 1 aromatic carbocycles. The zero-order valence-electron chi connectivity index (χ0n) is 13.7. The van der Waals surface area contributed by atoms with Gasteiger partial charge < -0.3 is 5.73 Å². The third-order valence-electron chi connectivity index (χ3n) is 4.44. The number of piperidine rings is 1. The van der Waals surface area contributed by atoms with Crippen LogP contribution in [0.2, 0.25) is 0 Å². The molecule has 0 radical (unpaired) electrons. The van der Waals surface area contributed by atoms with Gasteiger partial charge in [-0.2, -0.15) is 0 Å². The number of amides is 1. The average Bonchev–Trinajstić information content (AvgIpc) is 2.53. The molecule has 1 fully saturated rings. The average molecular weight is 339 g/mol. The molecular weight excluding hydrogens is 314 g/mol. The minimum atomic E-state index is -3.58. The molecule has 3 N–H and O–H groups in total. The summed E-state index contributed by atoms with van der Waals surface area (Å²) in [6, 6.07) is 6.27. The van der Waals surface area contributed by atoms with Gasteiger partial charge in [-0.25, -0.2) is 13.1 Å². The lowest BCUT2D eigenvalue weighted by molar-refractivity contribution is 0.1000. The van der Waals surface area contributed by atoms with Crippen molar-refractivity contribution >= 4 is 15.9 Å². The number of sulfonamides is 1. The minimum Gasteiger partial charge on any atom is -0.366 e. The summed E-state index contributed by atoms with van der Waals surface area (Å²) in [5.74, 6) is -0.574. The van der Waals surface area contributed by atoms with Crippen LogP contribution in [0, 0.1) is 0 Å². The first-order valence-corrected chi connectivity index (χ1v) is 9.45. The summed E-state index contributed by atoms with van der Waals surface area (Å²) in [5.41, 5.74) is 5.45. The van der Waals surface area contributed by atoms with Crippen LogP contribution in [0.3, 0.4) is 0 Å². The number of carbonyl (C=O) groups is 1. The van der Waals surface area contributed by atoms with Gasteiger partial charge in [-0.1, -0.05) is 6.42 Å². The van der Waals surface area contributed by atoms with Gasteiger partial charge >= 0.3 is 0 Å². The van der Waals surface area contributed by atoms with Crippen LogP contribution in [0.25, 0.3) is 0 Å². The van der Waals surface area contributed by atoms with Gasteiger partial charge in [0.25, 0.3) is 0 Å². The Balaban J connectivity index is 1.99. The van der Waals surface area contributed by atoms with Gasteiger partial charge in [0, 0.05) is 24.2 Å². The van der Waals surface area contributed by atoms with Crippen LogP contribution >= 0.6 is 0 Å². The van der Waals surface area contributed by atoms with Gasteiger partial charge in [-0.15, -0.1) is 0 Å². The first-order chi connectivity index (χ1) is 10.8. The Morgan fingerprint density at radius 1 is 1.35 bits per heavy atom. The standard InChI is InChI=1S/C16H25N3O3S/c1-12-5-3-4-10-19(12)13(2)11-18-23(21,22)15-8-6-14(7-9-15)16(17)20/h6-9,12-13,18H,3-5,10-11H2,1-2H3,(H2,17,20)/t12-,13+/m1/s1. The minimum absolute atomic E-state index is 0.140. The van der Waals surface area contributed by atoms with Gasteiger partial charge in [0.05, 0.1) is 4.90 Å². The van der Waals surface area contributed by atoms with Crippen molar-refractivity contribution in [3.8, 4) is 0 Å². The fourth-order valence-electron chi connectivity index (χ4n) is 3.00. The van der Waals surface area contributed by atoms with E-state index in [0.717, 1.165) is 19.4 Å². The Labute approximate surface area is 138 Å². The molecule has 0 saturated carbocycles. The number of nitrogens with two attached hydrogens (primary N) is 1. The number of primary amides is 1. The van der Waals surface area contributed by atoms with E-state index in [4.69, 9.17) is 5.73 Å². The third kappa shape index (κ3) is 4.53. The van der Waals surface area contributed by atoms with E-state index in [1.54, 1.807) is 0 Å². The molecule has 0 bridgehead atoms. The lowest BCUT2D eigenvalue weighted by Gasteiger charge is -2.38. The van der Waals surface area contributed by atoms with E-state index in [9.17, 15) is 13.2 Å². The largest absolute Gasteiger partial charge is 0.366 e. The maximum Gasteiger partial charge on any atom is 0.248 e. The molecule has 0 aliphatic carbocycles. The molecule has 0 unspecified atom stereocenters. The lowest BCUT2D eigenvalue weighted by Crippen LogP contribution is -2.48. The summed E-state index contributed by atoms with van der Waals surface area (Å²) < 4.78 is 27.3. The number of carbonyl (C=O) groups excluding carboxylic acids is 1. The molecule has 2 rings (SSSR count). The zero-order valence-corrected chi connectivity index (χ0v) is 14.5. The highest BCUT2D eigenvalue weighted by molar-refractivity contribution is 7.89.